The van der Waals surface area contributed by atoms with Crippen molar-refractivity contribution < 1.29 is 14.3 Å². The van der Waals surface area contributed by atoms with Crippen LogP contribution in [0, 0.1) is 0 Å². The van der Waals surface area contributed by atoms with E-state index in [1.807, 2.05) is 26.8 Å². The van der Waals surface area contributed by atoms with E-state index < -0.39 is 5.60 Å². The van der Waals surface area contributed by atoms with Crippen LogP contribution in [0.15, 0.2) is 12.1 Å². The van der Waals surface area contributed by atoms with Crippen LogP contribution in [0.3, 0.4) is 0 Å². The van der Waals surface area contributed by atoms with Crippen molar-refractivity contribution in [2.45, 2.75) is 26.4 Å². The average molecular weight is 308 g/mol. The van der Waals surface area contributed by atoms with E-state index in [-0.39, 0.29) is 6.09 Å². The van der Waals surface area contributed by atoms with Crippen molar-refractivity contribution in [1.29, 1.82) is 0 Å². The molecular formula is C15H24N4O3. The van der Waals surface area contributed by atoms with E-state index in [0.29, 0.717) is 37.7 Å². The summed E-state index contributed by atoms with van der Waals surface area (Å²) in [5, 5.41) is 0. The van der Waals surface area contributed by atoms with E-state index in [1.165, 1.54) is 0 Å². The molecule has 1 amide bonds. The van der Waals surface area contributed by atoms with E-state index >= 15 is 0 Å². The zero-order valence-corrected chi connectivity index (χ0v) is 13.6. The van der Waals surface area contributed by atoms with Crippen molar-refractivity contribution in [2.24, 2.45) is 0 Å². The summed E-state index contributed by atoms with van der Waals surface area (Å²) in [5.74, 6) is 1.25. The highest BCUT2D eigenvalue weighted by Gasteiger charge is 2.26. The van der Waals surface area contributed by atoms with Crippen LogP contribution in [0.1, 0.15) is 20.8 Å². The molecule has 0 bridgehead atoms. The first-order valence-corrected chi connectivity index (χ1v) is 7.33. The summed E-state index contributed by atoms with van der Waals surface area (Å²) >= 11 is 0. The van der Waals surface area contributed by atoms with Crippen LogP contribution >= 0.6 is 0 Å². The van der Waals surface area contributed by atoms with Crippen molar-refractivity contribution >= 4 is 17.6 Å². The molecule has 1 aliphatic rings. The standard InChI is InChI=1S/C15H24N4O3/c1-15(2,3)22-14(20)19-7-5-18(6-8-19)12-9-11(16)10-13(17-12)21-4/h9-10H,5-8H2,1-4H3,(H2,16,17). The summed E-state index contributed by atoms with van der Waals surface area (Å²) in [5.41, 5.74) is 5.99. The molecule has 1 fully saturated rings. The van der Waals surface area contributed by atoms with E-state index in [1.54, 1.807) is 18.1 Å². The van der Waals surface area contributed by atoms with Gasteiger partial charge in [0.15, 0.2) is 0 Å². The van der Waals surface area contributed by atoms with Crippen LogP contribution in [-0.2, 0) is 4.74 Å². The summed E-state index contributed by atoms with van der Waals surface area (Å²) in [7, 11) is 1.56. The van der Waals surface area contributed by atoms with Gasteiger partial charge < -0.3 is 25.0 Å². The molecule has 0 unspecified atom stereocenters. The minimum atomic E-state index is -0.475. The summed E-state index contributed by atoms with van der Waals surface area (Å²) in [4.78, 5) is 20.2. The Bertz CT molecular complexity index is 534. The van der Waals surface area contributed by atoms with E-state index in [9.17, 15) is 4.79 Å². The second-order valence-corrected chi connectivity index (χ2v) is 6.26. The van der Waals surface area contributed by atoms with Gasteiger partial charge in [-0.25, -0.2) is 4.79 Å². The van der Waals surface area contributed by atoms with Crippen LogP contribution in [0.4, 0.5) is 16.3 Å². The molecule has 0 radical (unpaired) electrons. The highest BCUT2D eigenvalue weighted by molar-refractivity contribution is 5.68. The number of hydrogen-bond acceptors (Lipinski definition) is 6. The molecule has 0 spiro atoms. The van der Waals surface area contributed by atoms with Crippen LogP contribution in [0.5, 0.6) is 5.88 Å². The predicted octanol–water partition coefficient (Wildman–Crippen LogP) is 1.73. The minimum Gasteiger partial charge on any atom is -0.481 e. The van der Waals surface area contributed by atoms with E-state index in [0.717, 1.165) is 5.82 Å². The SMILES string of the molecule is COc1cc(N)cc(N2CCN(C(=O)OC(C)(C)C)CC2)n1. The van der Waals surface area contributed by atoms with Gasteiger partial charge in [0.05, 0.1) is 7.11 Å². The topological polar surface area (TPSA) is 80.9 Å². The quantitative estimate of drug-likeness (QED) is 0.896. The van der Waals surface area contributed by atoms with Crippen molar-refractivity contribution in [1.82, 2.24) is 9.88 Å². The first-order valence-electron chi connectivity index (χ1n) is 7.33. The average Bonchev–Trinajstić information content (AvgIpc) is 2.45. The Morgan fingerprint density at radius 3 is 2.41 bits per heavy atom. The van der Waals surface area contributed by atoms with E-state index in [2.05, 4.69) is 9.88 Å². The molecule has 0 aliphatic carbocycles. The molecule has 1 aromatic rings. The monoisotopic (exact) mass is 308 g/mol. The first kappa shape index (κ1) is 16.2. The van der Waals surface area contributed by atoms with Gasteiger partial charge in [-0.1, -0.05) is 0 Å². The van der Waals surface area contributed by atoms with Crippen molar-refractivity contribution in [3.8, 4) is 5.88 Å². The van der Waals surface area contributed by atoms with E-state index in [4.69, 9.17) is 15.2 Å². The molecule has 2 heterocycles. The third-order valence-electron chi connectivity index (χ3n) is 3.28. The van der Waals surface area contributed by atoms with Gasteiger partial charge in [0.1, 0.15) is 11.4 Å². The van der Waals surface area contributed by atoms with Crippen LogP contribution in [0.25, 0.3) is 0 Å². The van der Waals surface area contributed by atoms with Gasteiger partial charge in [0, 0.05) is 44.0 Å². The number of anilines is 2. The predicted molar refractivity (Wildman–Crippen MR) is 85.2 cm³/mol. The molecule has 7 heteroatoms. The van der Waals surface area contributed by atoms with Crippen molar-refractivity contribution in [2.75, 3.05) is 43.9 Å². The van der Waals surface area contributed by atoms with Crippen LogP contribution in [-0.4, -0.2) is 54.9 Å². The molecule has 7 nitrogen and oxygen atoms in total. The Morgan fingerprint density at radius 1 is 1.23 bits per heavy atom. The Balaban J connectivity index is 1.97. The number of nitrogen functional groups attached to an aromatic ring is 1. The van der Waals surface area contributed by atoms with Crippen LogP contribution < -0.4 is 15.4 Å². The van der Waals surface area contributed by atoms with Gasteiger partial charge in [-0.05, 0) is 20.8 Å². The molecule has 22 heavy (non-hydrogen) atoms. The number of pyridine rings is 1. The normalized spacial score (nSPS) is 15.6. The summed E-state index contributed by atoms with van der Waals surface area (Å²) in [6.45, 7) is 8.14. The number of ether oxygens (including phenoxy) is 2. The highest BCUT2D eigenvalue weighted by atomic mass is 16.6. The largest absolute Gasteiger partial charge is 0.481 e. The maximum Gasteiger partial charge on any atom is 0.410 e. The number of methoxy groups -OCH3 is 1. The molecule has 0 atom stereocenters. The Hall–Kier alpha value is -2.18. The molecule has 2 rings (SSSR count). The molecule has 1 aromatic heterocycles. The molecular weight excluding hydrogens is 284 g/mol. The second kappa shape index (κ2) is 6.29. The Morgan fingerprint density at radius 2 is 1.86 bits per heavy atom. The number of carbonyl (C=O) groups is 1. The Labute approximate surface area is 131 Å². The number of rotatable bonds is 2. The number of nitrogens with two attached hydrogens (primary N) is 1. The van der Waals surface area contributed by atoms with Gasteiger partial charge >= 0.3 is 6.09 Å². The molecule has 1 saturated heterocycles. The molecule has 0 saturated carbocycles. The third kappa shape index (κ3) is 4.16. The molecule has 0 aromatic carbocycles. The molecule has 2 N–H and O–H groups in total. The lowest BCUT2D eigenvalue weighted by Gasteiger charge is -2.36. The summed E-state index contributed by atoms with van der Waals surface area (Å²) in [6, 6.07) is 3.49. The van der Waals surface area contributed by atoms with Gasteiger partial charge in [-0.3, -0.25) is 0 Å². The van der Waals surface area contributed by atoms with Gasteiger partial charge in [-0.2, -0.15) is 4.98 Å². The maximum absolute atomic E-state index is 12.0. The first-order chi connectivity index (χ1) is 10.3. The second-order valence-electron chi connectivity index (χ2n) is 6.26. The van der Waals surface area contributed by atoms with Crippen molar-refractivity contribution in [3.63, 3.8) is 0 Å². The summed E-state index contributed by atoms with van der Waals surface area (Å²) < 4.78 is 10.5. The fourth-order valence-electron chi connectivity index (χ4n) is 2.22. The third-order valence-corrected chi connectivity index (χ3v) is 3.28. The van der Waals surface area contributed by atoms with Gasteiger partial charge in [0.25, 0.3) is 0 Å². The number of amides is 1. The molecule has 1 aliphatic heterocycles. The number of nitrogens with zero attached hydrogens (tertiary/aromatic N) is 3. The summed E-state index contributed by atoms with van der Waals surface area (Å²) in [6.07, 6.45) is -0.273. The van der Waals surface area contributed by atoms with Crippen LogP contribution in [0.2, 0.25) is 0 Å². The number of hydrogen-bond donors (Lipinski definition) is 1. The number of piperazine rings is 1. The lowest BCUT2D eigenvalue weighted by molar-refractivity contribution is 0.0240. The lowest BCUT2D eigenvalue weighted by atomic mass is 10.2. The molecule has 122 valence electrons. The zero-order valence-electron chi connectivity index (χ0n) is 13.6. The minimum absolute atomic E-state index is 0.273. The van der Waals surface area contributed by atoms with Crippen molar-refractivity contribution in [3.05, 3.63) is 12.1 Å². The maximum atomic E-state index is 12.0. The number of aromatic nitrogens is 1. The van der Waals surface area contributed by atoms with Gasteiger partial charge in [-0.15, -0.1) is 0 Å². The zero-order chi connectivity index (χ0) is 16.3. The Kier molecular flexibility index (Phi) is 4.63. The number of carbonyl (C=O) groups excluding carboxylic acids is 1. The lowest BCUT2D eigenvalue weighted by Crippen LogP contribution is -2.50. The highest BCUT2D eigenvalue weighted by Crippen LogP contribution is 2.22. The smallest absolute Gasteiger partial charge is 0.410 e. The fraction of sp³-hybridized carbons (Fsp3) is 0.600. The van der Waals surface area contributed by atoms with Gasteiger partial charge in [0.2, 0.25) is 5.88 Å². The fourth-order valence-corrected chi connectivity index (χ4v) is 2.22.